The van der Waals surface area contributed by atoms with Gasteiger partial charge in [-0.1, -0.05) is 17.6 Å². The Morgan fingerprint density at radius 3 is 2.70 bits per heavy atom. The molecule has 2 aromatic rings. The molecule has 1 spiro atoms. The Morgan fingerprint density at radius 2 is 2.07 bits per heavy atom. The molecule has 0 bridgehead atoms. The van der Waals surface area contributed by atoms with Crippen LogP contribution in [-0.2, 0) is 24.0 Å². The van der Waals surface area contributed by atoms with Crippen LogP contribution in [0.3, 0.4) is 0 Å². The van der Waals surface area contributed by atoms with Crippen LogP contribution in [-0.4, -0.2) is 43.6 Å². The number of hydrogen-bond donors (Lipinski definition) is 0. The van der Waals surface area contributed by atoms with E-state index >= 15 is 0 Å². The zero-order valence-electron chi connectivity index (χ0n) is 17.9. The van der Waals surface area contributed by atoms with Gasteiger partial charge in [0.05, 0.1) is 10.6 Å². The third-order valence-corrected chi connectivity index (χ3v) is 8.84. The average molecular weight is 428 g/mol. The second-order valence-electron chi connectivity index (χ2n) is 9.34. The molecule has 3 heterocycles. The number of aromatic nitrogens is 1. The summed E-state index contributed by atoms with van der Waals surface area (Å²) in [7, 11) is -1.16. The number of nitrogens with zero attached hydrogens (tertiary/aromatic N) is 3. The summed E-state index contributed by atoms with van der Waals surface area (Å²) < 4.78 is 20.8. The van der Waals surface area contributed by atoms with Gasteiger partial charge in [0.25, 0.3) is 5.91 Å². The molecule has 3 aliphatic rings. The van der Waals surface area contributed by atoms with Gasteiger partial charge in [-0.3, -0.25) is 4.79 Å². The van der Waals surface area contributed by atoms with Gasteiger partial charge in [-0.2, -0.15) is 0 Å². The van der Waals surface area contributed by atoms with Crippen molar-refractivity contribution in [1.29, 1.82) is 0 Å². The molecule has 2 unspecified atom stereocenters. The summed E-state index contributed by atoms with van der Waals surface area (Å²) in [5, 5.41) is 3.92. The van der Waals surface area contributed by atoms with Crippen LogP contribution in [0.4, 0.5) is 0 Å². The molecule has 2 aliphatic heterocycles. The molecule has 0 radical (unpaired) electrons. The summed E-state index contributed by atoms with van der Waals surface area (Å²) in [5.74, 6) is 0.523. The minimum absolute atomic E-state index is 0.0384. The van der Waals surface area contributed by atoms with Crippen molar-refractivity contribution in [2.45, 2.75) is 70.4 Å². The first-order chi connectivity index (χ1) is 14.4. The molecule has 30 heavy (non-hydrogen) atoms. The Labute approximate surface area is 180 Å². The molecular weight excluding hydrogens is 398 g/mol. The van der Waals surface area contributed by atoms with Crippen LogP contribution in [0.25, 0.3) is 0 Å². The van der Waals surface area contributed by atoms with Gasteiger partial charge in [0.15, 0.2) is 0 Å². The van der Waals surface area contributed by atoms with E-state index < -0.39 is 11.0 Å². The van der Waals surface area contributed by atoms with Crippen LogP contribution < -0.4 is 0 Å². The van der Waals surface area contributed by atoms with Crippen LogP contribution in [0.5, 0.6) is 0 Å². The SMILES string of the molecule is Cc1noc(C)c1C(=O)N1CCc2ccc(S(=O)N3CC4(CCC4)CC3C)cc2C1. The standard InChI is InChI=1S/C23H29N3O3S/c1-15-12-23(8-4-9-23)14-26(15)30(28)20-6-5-18-7-10-25(13-19(18)11-20)22(27)21-16(2)24-29-17(21)3/h5-6,11,15H,4,7-10,12-14H2,1-3H3. The fraction of sp³-hybridized carbons (Fsp3) is 0.565. The van der Waals surface area contributed by atoms with Crippen LogP contribution in [0, 0.1) is 19.3 Å². The van der Waals surface area contributed by atoms with E-state index in [1.165, 1.54) is 24.8 Å². The Hall–Kier alpha value is -1.99. The summed E-state index contributed by atoms with van der Waals surface area (Å²) in [6, 6.07) is 6.51. The molecule has 1 aromatic carbocycles. The summed E-state index contributed by atoms with van der Waals surface area (Å²) in [4.78, 5) is 15.8. The molecule has 1 aliphatic carbocycles. The maximum Gasteiger partial charge on any atom is 0.259 e. The van der Waals surface area contributed by atoms with Crippen molar-refractivity contribution in [3.05, 3.63) is 46.3 Å². The van der Waals surface area contributed by atoms with Crippen molar-refractivity contribution in [2.24, 2.45) is 5.41 Å². The van der Waals surface area contributed by atoms with E-state index in [4.69, 9.17) is 4.52 Å². The van der Waals surface area contributed by atoms with E-state index in [0.29, 0.717) is 41.6 Å². The van der Waals surface area contributed by atoms with Crippen molar-refractivity contribution in [3.63, 3.8) is 0 Å². The molecule has 2 fully saturated rings. The number of rotatable bonds is 3. The molecule has 1 saturated heterocycles. The summed E-state index contributed by atoms with van der Waals surface area (Å²) in [6.07, 6.45) is 5.81. The van der Waals surface area contributed by atoms with Gasteiger partial charge < -0.3 is 9.42 Å². The first-order valence-electron chi connectivity index (χ1n) is 10.9. The number of aryl methyl sites for hydroxylation is 2. The summed E-state index contributed by atoms with van der Waals surface area (Å²) in [5.41, 5.74) is 3.93. The van der Waals surface area contributed by atoms with Crippen LogP contribution in [0.1, 0.15) is 65.5 Å². The molecule has 7 heteroatoms. The van der Waals surface area contributed by atoms with E-state index in [-0.39, 0.29) is 5.91 Å². The van der Waals surface area contributed by atoms with E-state index in [2.05, 4.69) is 28.5 Å². The zero-order valence-corrected chi connectivity index (χ0v) is 18.8. The van der Waals surface area contributed by atoms with Crippen LogP contribution in [0.2, 0.25) is 0 Å². The van der Waals surface area contributed by atoms with E-state index in [0.717, 1.165) is 29.8 Å². The van der Waals surface area contributed by atoms with Crippen molar-refractivity contribution in [3.8, 4) is 0 Å². The smallest absolute Gasteiger partial charge is 0.259 e. The second-order valence-corrected chi connectivity index (χ2v) is 10.8. The van der Waals surface area contributed by atoms with Crippen molar-refractivity contribution >= 4 is 16.9 Å². The minimum atomic E-state index is -1.16. The lowest BCUT2D eigenvalue weighted by Crippen LogP contribution is -2.37. The summed E-state index contributed by atoms with van der Waals surface area (Å²) in [6.45, 7) is 7.92. The van der Waals surface area contributed by atoms with Gasteiger partial charge in [-0.05, 0) is 75.1 Å². The number of amides is 1. The highest BCUT2D eigenvalue weighted by Crippen LogP contribution is 2.51. The number of fused-ring (bicyclic) bond motifs is 1. The molecule has 5 rings (SSSR count). The van der Waals surface area contributed by atoms with Crippen molar-refractivity contribution in [1.82, 2.24) is 14.4 Å². The molecule has 160 valence electrons. The maximum absolute atomic E-state index is 13.4. The third-order valence-electron chi connectivity index (χ3n) is 7.26. The quantitative estimate of drug-likeness (QED) is 0.748. The molecule has 1 amide bonds. The Kier molecular flexibility index (Phi) is 4.86. The highest BCUT2D eigenvalue weighted by atomic mass is 32.2. The van der Waals surface area contributed by atoms with Crippen molar-refractivity contribution < 1.29 is 13.5 Å². The van der Waals surface area contributed by atoms with Crippen LogP contribution >= 0.6 is 0 Å². The molecule has 6 nitrogen and oxygen atoms in total. The lowest BCUT2D eigenvalue weighted by atomic mass is 9.68. The first kappa shape index (κ1) is 19.9. The molecule has 1 aromatic heterocycles. The lowest BCUT2D eigenvalue weighted by Gasteiger charge is -2.38. The van der Waals surface area contributed by atoms with E-state index in [9.17, 15) is 9.00 Å². The normalized spacial score (nSPS) is 24.0. The largest absolute Gasteiger partial charge is 0.361 e. The fourth-order valence-corrected chi connectivity index (χ4v) is 6.93. The molecule has 2 atom stereocenters. The highest BCUT2D eigenvalue weighted by molar-refractivity contribution is 7.82. The summed E-state index contributed by atoms with van der Waals surface area (Å²) >= 11 is 0. The van der Waals surface area contributed by atoms with Gasteiger partial charge in [-0.15, -0.1) is 0 Å². The van der Waals surface area contributed by atoms with Crippen molar-refractivity contribution in [2.75, 3.05) is 13.1 Å². The first-order valence-corrected chi connectivity index (χ1v) is 12.0. The maximum atomic E-state index is 13.4. The predicted molar refractivity (Wildman–Crippen MR) is 114 cm³/mol. The number of benzene rings is 1. The van der Waals surface area contributed by atoms with Gasteiger partial charge in [0.2, 0.25) is 0 Å². The second kappa shape index (κ2) is 7.31. The monoisotopic (exact) mass is 427 g/mol. The Morgan fingerprint density at radius 1 is 1.27 bits per heavy atom. The van der Waals surface area contributed by atoms with Gasteiger partial charge in [0, 0.05) is 25.7 Å². The van der Waals surface area contributed by atoms with E-state index in [1.807, 2.05) is 11.0 Å². The lowest BCUT2D eigenvalue weighted by molar-refractivity contribution is 0.0732. The van der Waals surface area contributed by atoms with Crippen LogP contribution in [0.15, 0.2) is 27.6 Å². The van der Waals surface area contributed by atoms with Gasteiger partial charge >= 0.3 is 0 Å². The number of carbonyl (C=O) groups excluding carboxylic acids is 1. The average Bonchev–Trinajstić information content (AvgIpc) is 3.25. The number of carbonyl (C=O) groups is 1. The Bertz CT molecular complexity index is 1010. The number of hydrogen-bond acceptors (Lipinski definition) is 4. The zero-order chi connectivity index (χ0) is 21.0. The van der Waals surface area contributed by atoms with Gasteiger partial charge in [-0.25, -0.2) is 8.51 Å². The van der Waals surface area contributed by atoms with Gasteiger partial charge in [0.1, 0.15) is 22.3 Å². The highest BCUT2D eigenvalue weighted by Gasteiger charge is 2.47. The topological polar surface area (TPSA) is 66.7 Å². The fourth-order valence-electron chi connectivity index (χ4n) is 5.44. The minimum Gasteiger partial charge on any atom is -0.361 e. The Balaban J connectivity index is 1.36. The molecule has 1 saturated carbocycles. The molecular formula is C23H29N3O3S. The molecule has 0 N–H and O–H groups in total. The predicted octanol–water partition coefficient (Wildman–Crippen LogP) is 3.78. The third kappa shape index (κ3) is 3.23. The van der Waals surface area contributed by atoms with E-state index in [1.54, 1.807) is 13.8 Å².